The molecule has 0 radical (unpaired) electrons. The third kappa shape index (κ3) is 4.02. The van der Waals surface area contributed by atoms with Crippen LogP contribution < -0.4 is 5.32 Å². The van der Waals surface area contributed by atoms with Gasteiger partial charge in [-0.2, -0.15) is 0 Å². The molecule has 25 heavy (non-hydrogen) atoms. The van der Waals surface area contributed by atoms with Crippen molar-refractivity contribution >= 4 is 23.4 Å². The van der Waals surface area contributed by atoms with Crippen molar-refractivity contribution in [1.82, 2.24) is 10.2 Å². The number of hydrogen-bond acceptors (Lipinski definition) is 2. The Kier molecular flexibility index (Phi) is 5.09. The van der Waals surface area contributed by atoms with Crippen molar-refractivity contribution in [2.45, 2.75) is 18.9 Å². The molecule has 5 heteroatoms. The van der Waals surface area contributed by atoms with Gasteiger partial charge in [-0.1, -0.05) is 35.9 Å². The Hall–Kier alpha value is -2.33. The largest absolute Gasteiger partial charge is 0.355 e. The summed E-state index contributed by atoms with van der Waals surface area (Å²) in [6.45, 7) is 0.533. The van der Waals surface area contributed by atoms with E-state index in [2.05, 4.69) is 5.32 Å². The molecular formula is C20H21ClN2O2. The zero-order chi connectivity index (χ0) is 18.0. The third-order valence-corrected chi connectivity index (χ3v) is 4.86. The highest BCUT2D eigenvalue weighted by molar-refractivity contribution is 6.30. The summed E-state index contributed by atoms with van der Waals surface area (Å²) >= 11 is 6.04. The maximum Gasteiger partial charge on any atom is 0.251 e. The zero-order valence-electron chi connectivity index (χ0n) is 14.3. The Balaban J connectivity index is 1.59. The molecule has 3 rings (SSSR count). The second-order valence-corrected chi connectivity index (χ2v) is 6.91. The highest BCUT2D eigenvalue weighted by Gasteiger charge is 2.45. The molecule has 0 unspecified atom stereocenters. The zero-order valence-corrected chi connectivity index (χ0v) is 15.1. The summed E-state index contributed by atoms with van der Waals surface area (Å²) in [5, 5.41) is 3.30. The lowest BCUT2D eigenvalue weighted by Gasteiger charge is -2.17. The van der Waals surface area contributed by atoms with Crippen LogP contribution in [0.5, 0.6) is 0 Å². The molecule has 1 fully saturated rings. The summed E-state index contributed by atoms with van der Waals surface area (Å²) < 4.78 is 0. The van der Waals surface area contributed by atoms with Crippen molar-refractivity contribution in [2.24, 2.45) is 5.92 Å². The number of amides is 2. The van der Waals surface area contributed by atoms with E-state index in [4.69, 9.17) is 11.6 Å². The Morgan fingerprint density at radius 1 is 1.20 bits per heavy atom. The average Bonchev–Trinajstić information content (AvgIpc) is 3.41. The molecule has 1 saturated carbocycles. The number of carbonyl (C=O) groups excluding carboxylic acids is 2. The second-order valence-electron chi connectivity index (χ2n) is 6.47. The van der Waals surface area contributed by atoms with Gasteiger partial charge in [-0.3, -0.25) is 9.59 Å². The summed E-state index contributed by atoms with van der Waals surface area (Å²) in [5.74, 6) is 0.344. The van der Waals surface area contributed by atoms with Gasteiger partial charge in [-0.05, 0) is 47.7 Å². The predicted octanol–water partition coefficient (Wildman–Crippen LogP) is 3.46. The molecular weight excluding hydrogens is 336 g/mol. The van der Waals surface area contributed by atoms with Crippen LogP contribution in [0, 0.1) is 5.92 Å². The lowest BCUT2D eigenvalue weighted by atomic mass is 10.1. The van der Waals surface area contributed by atoms with E-state index in [1.54, 1.807) is 24.1 Å². The average molecular weight is 357 g/mol. The van der Waals surface area contributed by atoms with E-state index in [-0.39, 0.29) is 23.7 Å². The molecule has 1 aliphatic rings. The number of carbonyl (C=O) groups is 2. The first kappa shape index (κ1) is 17.5. The number of nitrogens with zero attached hydrogens (tertiary/aromatic N) is 1. The monoisotopic (exact) mass is 356 g/mol. The van der Waals surface area contributed by atoms with Gasteiger partial charge < -0.3 is 10.2 Å². The van der Waals surface area contributed by atoms with E-state index in [0.29, 0.717) is 17.1 Å². The molecule has 1 N–H and O–H groups in total. The molecule has 0 aliphatic heterocycles. The van der Waals surface area contributed by atoms with Crippen LogP contribution >= 0.6 is 11.6 Å². The van der Waals surface area contributed by atoms with Crippen LogP contribution in [0.2, 0.25) is 5.02 Å². The Morgan fingerprint density at radius 2 is 1.92 bits per heavy atom. The number of rotatable bonds is 5. The van der Waals surface area contributed by atoms with Gasteiger partial charge in [-0.15, -0.1) is 0 Å². The van der Waals surface area contributed by atoms with Crippen LogP contribution in [-0.4, -0.2) is 30.8 Å². The molecule has 2 atom stereocenters. The summed E-state index contributed by atoms with van der Waals surface area (Å²) in [6, 6.07) is 15.1. The fourth-order valence-electron chi connectivity index (χ4n) is 3.11. The van der Waals surface area contributed by atoms with Gasteiger partial charge in [0, 0.05) is 37.1 Å². The minimum absolute atomic E-state index is 0.0357. The smallest absolute Gasteiger partial charge is 0.251 e. The highest BCUT2D eigenvalue weighted by atomic mass is 35.5. The van der Waals surface area contributed by atoms with Crippen LogP contribution in [0.25, 0.3) is 0 Å². The van der Waals surface area contributed by atoms with Crippen molar-refractivity contribution < 1.29 is 9.59 Å². The Bertz CT molecular complexity index is 789. The van der Waals surface area contributed by atoms with Crippen molar-refractivity contribution in [3.05, 3.63) is 70.2 Å². The summed E-state index contributed by atoms with van der Waals surface area (Å²) in [4.78, 5) is 25.9. The second kappa shape index (κ2) is 7.28. The topological polar surface area (TPSA) is 49.4 Å². The van der Waals surface area contributed by atoms with Crippen LogP contribution in [0.1, 0.15) is 33.8 Å². The SMILES string of the molecule is CNC(=O)c1ccc(CN(C)C(=O)[C@@H]2C[C@@H]2c2cccc(Cl)c2)cc1. The normalized spacial score (nSPS) is 18.5. The van der Waals surface area contributed by atoms with Crippen molar-refractivity contribution in [2.75, 3.05) is 14.1 Å². The Morgan fingerprint density at radius 3 is 2.56 bits per heavy atom. The van der Waals surface area contributed by atoms with E-state index in [1.807, 2.05) is 43.4 Å². The van der Waals surface area contributed by atoms with Gasteiger partial charge in [0.15, 0.2) is 0 Å². The van der Waals surface area contributed by atoms with Crippen LogP contribution in [0.4, 0.5) is 0 Å². The number of benzene rings is 2. The van der Waals surface area contributed by atoms with E-state index >= 15 is 0 Å². The van der Waals surface area contributed by atoms with Gasteiger partial charge >= 0.3 is 0 Å². The quantitative estimate of drug-likeness (QED) is 0.891. The van der Waals surface area contributed by atoms with Crippen molar-refractivity contribution in [3.63, 3.8) is 0 Å². The fraction of sp³-hybridized carbons (Fsp3) is 0.300. The van der Waals surface area contributed by atoms with Crippen LogP contribution in [0.3, 0.4) is 0 Å². The maximum absolute atomic E-state index is 12.6. The lowest BCUT2D eigenvalue weighted by molar-refractivity contribution is -0.131. The molecule has 0 aromatic heterocycles. The van der Waals surface area contributed by atoms with E-state index in [0.717, 1.165) is 17.5 Å². The van der Waals surface area contributed by atoms with Gasteiger partial charge in [0.1, 0.15) is 0 Å². The standard InChI is InChI=1S/C20H21ClN2O2/c1-22-19(24)14-8-6-13(7-9-14)12-23(2)20(25)18-11-17(18)15-4-3-5-16(21)10-15/h3-10,17-18H,11-12H2,1-2H3,(H,22,24)/t17-,18-/m1/s1. The summed E-state index contributed by atoms with van der Waals surface area (Å²) in [7, 11) is 3.43. The maximum atomic E-state index is 12.6. The number of halogens is 1. The first-order valence-electron chi connectivity index (χ1n) is 8.31. The van der Waals surface area contributed by atoms with E-state index < -0.39 is 0 Å². The van der Waals surface area contributed by atoms with Crippen molar-refractivity contribution in [3.8, 4) is 0 Å². The fourth-order valence-corrected chi connectivity index (χ4v) is 3.31. The molecule has 4 nitrogen and oxygen atoms in total. The molecule has 0 spiro atoms. The minimum atomic E-state index is -0.113. The first-order valence-corrected chi connectivity index (χ1v) is 8.69. The van der Waals surface area contributed by atoms with Crippen LogP contribution in [-0.2, 0) is 11.3 Å². The van der Waals surface area contributed by atoms with Crippen molar-refractivity contribution in [1.29, 1.82) is 0 Å². The van der Waals surface area contributed by atoms with Gasteiger partial charge in [0.25, 0.3) is 5.91 Å². The summed E-state index contributed by atoms with van der Waals surface area (Å²) in [5.41, 5.74) is 2.75. The third-order valence-electron chi connectivity index (χ3n) is 4.62. The molecule has 130 valence electrons. The lowest BCUT2D eigenvalue weighted by Crippen LogP contribution is -2.28. The molecule has 2 amide bonds. The molecule has 2 aromatic carbocycles. The van der Waals surface area contributed by atoms with Gasteiger partial charge in [-0.25, -0.2) is 0 Å². The van der Waals surface area contributed by atoms with Crippen LogP contribution in [0.15, 0.2) is 48.5 Å². The Labute approximate surface area is 152 Å². The highest BCUT2D eigenvalue weighted by Crippen LogP contribution is 2.48. The minimum Gasteiger partial charge on any atom is -0.355 e. The van der Waals surface area contributed by atoms with Gasteiger partial charge in [0.2, 0.25) is 5.91 Å². The summed E-state index contributed by atoms with van der Waals surface area (Å²) in [6.07, 6.45) is 0.874. The van der Waals surface area contributed by atoms with E-state index in [1.165, 1.54) is 0 Å². The van der Waals surface area contributed by atoms with E-state index in [9.17, 15) is 9.59 Å². The molecule has 0 bridgehead atoms. The number of hydrogen-bond donors (Lipinski definition) is 1. The molecule has 2 aromatic rings. The number of nitrogens with one attached hydrogen (secondary N) is 1. The first-order chi connectivity index (χ1) is 12.0. The molecule has 0 heterocycles. The predicted molar refractivity (Wildman–Crippen MR) is 98.6 cm³/mol. The molecule has 0 saturated heterocycles. The molecule has 1 aliphatic carbocycles. The van der Waals surface area contributed by atoms with Gasteiger partial charge in [0.05, 0.1) is 0 Å².